The molecule has 4 rings (SSSR count). The Bertz CT molecular complexity index is 1170. The lowest BCUT2D eigenvalue weighted by molar-refractivity contribution is 0.469. The minimum Gasteiger partial charge on any atom is -0.455 e. The Morgan fingerprint density at radius 2 is 1.89 bits per heavy atom. The van der Waals surface area contributed by atoms with Crippen LogP contribution in [0.5, 0.6) is 11.5 Å². The number of para-hydroxylation sites is 1. The van der Waals surface area contributed by atoms with Crippen molar-refractivity contribution in [3.05, 3.63) is 71.9 Å². The number of rotatable bonds is 6. The van der Waals surface area contributed by atoms with Gasteiger partial charge < -0.3 is 4.74 Å². The lowest BCUT2D eigenvalue weighted by Crippen LogP contribution is -2.14. The number of sulfonamides is 1. The van der Waals surface area contributed by atoms with Gasteiger partial charge in [-0.25, -0.2) is 13.4 Å². The number of H-pyrrole nitrogens is 1. The van der Waals surface area contributed by atoms with E-state index < -0.39 is 10.0 Å². The first-order chi connectivity index (χ1) is 13.5. The van der Waals surface area contributed by atoms with Crippen LogP contribution in [0, 0.1) is 6.92 Å². The summed E-state index contributed by atoms with van der Waals surface area (Å²) in [6.07, 6.45) is 3.14. The van der Waals surface area contributed by atoms with Crippen molar-refractivity contribution in [1.82, 2.24) is 15.2 Å². The van der Waals surface area contributed by atoms with Gasteiger partial charge in [-0.15, -0.1) is 11.3 Å². The van der Waals surface area contributed by atoms with E-state index in [0.29, 0.717) is 17.0 Å². The molecule has 0 fully saturated rings. The van der Waals surface area contributed by atoms with Gasteiger partial charge in [0.15, 0.2) is 10.9 Å². The van der Waals surface area contributed by atoms with E-state index in [0.717, 1.165) is 5.56 Å². The molecule has 2 N–H and O–H groups in total. The molecule has 2 aromatic carbocycles. The second kappa shape index (κ2) is 7.45. The third-order valence-electron chi connectivity index (χ3n) is 4.01. The number of nitrogens with zero attached hydrogens (tertiary/aromatic N) is 2. The van der Waals surface area contributed by atoms with E-state index in [1.54, 1.807) is 35.8 Å². The highest BCUT2D eigenvalue weighted by molar-refractivity contribution is 7.93. The Morgan fingerprint density at radius 3 is 2.57 bits per heavy atom. The van der Waals surface area contributed by atoms with Crippen molar-refractivity contribution >= 4 is 26.5 Å². The molecule has 2 aromatic heterocycles. The lowest BCUT2D eigenvalue weighted by atomic mass is 10.0. The molecule has 0 aliphatic heterocycles. The molecule has 0 aliphatic carbocycles. The highest BCUT2D eigenvalue weighted by Crippen LogP contribution is 2.40. The van der Waals surface area contributed by atoms with Crippen LogP contribution in [0.25, 0.3) is 11.3 Å². The minimum absolute atomic E-state index is 0.0155. The number of aromatic amines is 1. The second-order valence-corrected chi connectivity index (χ2v) is 8.46. The zero-order valence-corrected chi connectivity index (χ0v) is 16.4. The fourth-order valence-corrected chi connectivity index (χ4v) is 4.68. The first kappa shape index (κ1) is 18.2. The van der Waals surface area contributed by atoms with E-state index in [1.165, 1.54) is 23.6 Å². The van der Waals surface area contributed by atoms with Crippen LogP contribution < -0.4 is 9.46 Å². The van der Waals surface area contributed by atoms with Crippen molar-refractivity contribution in [3.8, 4) is 22.8 Å². The molecule has 0 atom stereocenters. The summed E-state index contributed by atoms with van der Waals surface area (Å²) >= 11 is 1.20. The molecule has 0 saturated heterocycles. The number of aryl methyl sites for hydroxylation is 1. The van der Waals surface area contributed by atoms with E-state index in [2.05, 4.69) is 19.9 Å². The fraction of sp³-hybridized carbons (Fsp3) is 0.0526. The molecule has 2 heterocycles. The molecule has 0 spiro atoms. The zero-order chi connectivity index (χ0) is 19.6. The zero-order valence-electron chi connectivity index (χ0n) is 14.8. The van der Waals surface area contributed by atoms with Crippen LogP contribution in [0.1, 0.15) is 5.56 Å². The third-order valence-corrected chi connectivity index (χ3v) is 6.19. The predicted octanol–water partition coefficient (Wildman–Crippen LogP) is 4.43. The molecule has 9 heteroatoms. The molecule has 28 heavy (non-hydrogen) atoms. The predicted molar refractivity (Wildman–Crippen MR) is 108 cm³/mol. The maximum atomic E-state index is 13.1. The largest absolute Gasteiger partial charge is 0.455 e. The summed E-state index contributed by atoms with van der Waals surface area (Å²) in [6.45, 7) is 1.89. The van der Waals surface area contributed by atoms with Crippen molar-refractivity contribution in [3.63, 3.8) is 0 Å². The quantitative estimate of drug-likeness (QED) is 0.488. The summed E-state index contributed by atoms with van der Waals surface area (Å²) in [7, 11) is -3.93. The fourth-order valence-electron chi connectivity index (χ4n) is 2.75. The monoisotopic (exact) mass is 412 g/mol. The molecule has 0 unspecified atom stereocenters. The molecule has 0 radical (unpaired) electrons. The Morgan fingerprint density at radius 1 is 1.07 bits per heavy atom. The Hall–Kier alpha value is -3.17. The SMILES string of the molecule is Cc1ccc(S(=O)(=O)Nc2nccs2)c(Oc2ccccc2)c1-c1ccn[nH]1. The second-order valence-electron chi connectivity index (χ2n) is 5.91. The van der Waals surface area contributed by atoms with E-state index in [4.69, 9.17) is 4.74 Å². The molecule has 4 aromatic rings. The summed E-state index contributed by atoms with van der Waals surface area (Å²) < 4.78 is 34.8. The van der Waals surface area contributed by atoms with Crippen molar-refractivity contribution in [2.24, 2.45) is 0 Å². The molecule has 7 nitrogen and oxygen atoms in total. The van der Waals surface area contributed by atoms with Crippen molar-refractivity contribution in [2.45, 2.75) is 11.8 Å². The Kier molecular flexibility index (Phi) is 4.84. The number of benzene rings is 2. The first-order valence-electron chi connectivity index (χ1n) is 8.33. The standard InChI is InChI=1S/C19H16N4O3S2/c1-13-7-8-16(28(24,25)23-19-20-11-12-27-19)18(17(13)15-9-10-21-22-15)26-14-5-3-2-4-6-14/h2-12H,1H3,(H,20,23)(H,21,22). The summed E-state index contributed by atoms with van der Waals surface area (Å²) in [5.74, 6) is 0.749. The normalized spacial score (nSPS) is 11.3. The van der Waals surface area contributed by atoms with Gasteiger partial charge in [0.25, 0.3) is 10.0 Å². The topological polar surface area (TPSA) is 97.0 Å². The van der Waals surface area contributed by atoms with Gasteiger partial charge in [0, 0.05) is 23.3 Å². The van der Waals surface area contributed by atoms with Crippen molar-refractivity contribution in [2.75, 3.05) is 4.72 Å². The van der Waals surface area contributed by atoms with Gasteiger partial charge in [0.2, 0.25) is 0 Å². The van der Waals surface area contributed by atoms with Crippen molar-refractivity contribution in [1.29, 1.82) is 0 Å². The van der Waals surface area contributed by atoms with E-state index in [1.807, 2.05) is 25.1 Å². The lowest BCUT2D eigenvalue weighted by Gasteiger charge is -2.17. The van der Waals surface area contributed by atoms with Crippen LogP contribution in [-0.2, 0) is 10.0 Å². The van der Waals surface area contributed by atoms with Gasteiger partial charge in [0.05, 0.1) is 5.69 Å². The average molecular weight is 412 g/mol. The van der Waals surface area contributed by atoms with Gasteiger partial charge in [-0.2, -0.15) is 5.10 Å². The summed E-state index contributed by atoms with van der Waals surface area (Å²) in [4.78, 5) is 4.02. The van der Waals surface area contributed by atoms with Crippen LogP contribution >= 0.6 is 11.3 Å². The first-order valence-corrected chi connectivity index (χ1v) is 10.7. The van der Waals surface area contributed by atoms with Crippen LogP contribution in [0.2, 0.25) is 0 Å². The highest BCUT2D eigenvalue weighted by atomic mass is 32.2. The van der Waals surface area contributed by atoms with E-state index in [-0.39, 0.29) is 15.8 Å². The van der Waals surface area contributed by atoms with Crippen molar-refractivity contribution < 1.29 is 13.2 Å². The number of hydrogen-bond acceptors (Lipinski definition) is 6. The van der Waals surface area contributed by atoms with Crippen LogP contribution in [0.4, 0.5) is 5.13 Å². The molecule has 0 amide bonds. The van der Waals surface area contributed by atoms with Gasteiger partial charge in [-0.3, -0.25) is 9.82 Å². The summed E-state index contributed by atoms with van der Waals surface area (Å²) in [6, 6.07) is 14.1. The maximum Gasteiger partial charge on any atom is 0.267 e. The average Bonchev–Trinajstić information content (AvgIpc) is 3.36. The number of aromatic nitrogens is 3. The Labute approximate surface area is 166 Å². The number of nitrogens with one attached hydrogen (secondary N) is 2. The van der Waals surface area contributed by atoms with E-state index in [9.17, 15) is 8.42 Å². The molecule has 0 bridgehead atoms. The van der Waals surface area contributed by atoms with Gasteiger partial charge in [-0.05, 0) is 36.8 Å². The van der Waals surface area contributed by atoms with Crippen LogP contribution in [-0.4, -0.2) is 23.6 Å². The number of anilines is 1. The molecule has 142 valence electrons. The highest BCUT2D eigenvalue weighted by Gasteiger charge is 2.26. The summed E-state index contributed by atoms with van der Waals surface area (Å²) in [5.41, 5.74) is 2.14. The van der Waals surface area contributed by atoms with E-state index >= 15 is 0 Å². The Balaban J connectivity index is 1.89. The maximum absolute atomic E-state index is 13.1. The smallest absolute Gasteiger partial charge is 0.267 e. The van der Waals surface area contributed by atoms with Gasteiger partial charge in [-0.1, -0.05) is 24.3 Å². The third kappa shape index (κ3) is 3.62. The number of thiazole rings is 1. The van der Waals surface area contributed by atoms with Gasteiger partial charge in [0.1, 0.15) is 10.6 Å². The summed E-state index contributed by atoms with van der Waals surface area (Å²) in [5, 5.41) is 8.86. The molecular formula is C19H16N4O3S2. The van der Waals surface area contributed by atoms with Crippen LogP contribution in [0.15, 0.2) is 71.2 Å². The number of hydrogen-bond donors (Lipinski definition) is 2. The molecule has 0 aliphatic rings. The van der Waals surface area contributed by atoms with Crippen LogP contribution in [0.3, 0.4) is 0 Å². The molecule has 0 saturated carbocycles. The minimum atomic E-state index is -3.93. The van der Waals surface area contributed by atoms with Gasteiger partial charge >= 0.3 is 0 Å². The number of ether oxygens (including phenoxy) is 1. The molecular weight excluding hydrogens is 396 g/mol.